The van der Waals surface area contributed by atoms with Crippen LogP contribution in [0.5, 0.6) is 0 Å². The largest absolute Gasteiger partial charge is 0.351 e. The minimum atomic E-state index is -0.453. The Balaban J connectivity index is 1.61. The van der Waals surface area contributed by atoms with Crippen LogP contribution in [0.15, 0.2) is 83.0 Å². The highest BCUT2D eigenvalue weighted by atomic mass is 32.1. The van der Waals surface area contributed by atoms with Gasteiger partial charge in [-0.3, -0.25) is 0 Å². The second kappa shape index (κ2) is 9.38. The molecule has 0 radical (unpaired) electrons. The molecule has 1 N–H and O–H groups in total. The van der Waals surface area contributed by atoms with Crippen LogP contribution in [0.2, 0.25) is 0 Å². The normalized spacial score (nSPS) is 15.9. The highest BCUT2D eigenvalue weighted by Crippen LogP contribution is 2.38. The fourth-order valence-corrected chi connectivity index (χ4v) is 4.50. The smallest absolute Gasteiger partial charge is 0.258 e. The molecule has 0 aliphatic carbocycles. The fraction of sp³-hybridized carbons (Fsp3) is 0.148. The van der Waals surface area contributed by atoms with Crippen molar-refractivity contribution in [3.8, 4) is 11.4 Å². The van der Waals surface area contributed by atoms with Gasteiger partial charge in [-0.25, -0.2) is 8.78 Å². The summed E-state index contributed by atoms with van der Waals surface area (Å²) in [7, 11) is 0. The maximum atomic E-state index is 14.4. The van der Waals surface area contributed by atoms with Crippen molar-refractivity contribution in [1.82, 2.24) is 20.4 Å². The van der Waals surface area contributed by atoms with Crippen LogP contribution in [0.3, 0.4) is 0 Å². The van der Waals surface area contributed by atoms with E-state index in [0.29, 0.717) is 28.0 Å². The van der Waals surface area contributed by atoms with E-state index in [1.165, 1.54) is 18.2 Å². The molecule has 0 saturated heterocycles. The average molecular weight is 489 g/mol. The summed E-state index contributed by atoms with van der Waals surface area (Å²) in [4.78, 5) is 6.48. The lowest BCUT2D eigenvalue weighted by Gasteiger charge is -2.37. The van der Waals surface area contributed by atoms with Crippen LogP contribution < -0.4 is 5.32 Å². The maximum absolute atomic E-state index is 14.4. The Morgan fingerprint density at radius 1 is 1.00 bits per heavy atom. The summed E-state index contributed by atoms with van der Waals surface area (Å²) in [5.74, 6) is 0.109. The average Bonchev–Trinajstić information content (AvgIpc) is 3.33. The number of aryl methyl sites for hydroxylation is 1. The molecule has 2 heterocycles. The molecule has 5 nitrogen and oxygen atoms in total. The molecule has 1 aliphatic heterocycles. The summed E-state index contributed by atoms with van der Waals surface area (Å²) >= 11 is 5.67. The van der Waals surface area contributed by atoms with Crippen molar-refractivity contribution >= 4 is 22.9 Å². The maximum Gasteiger partial charge on any atom is 0.258 e. The SMILES string of the molecule is CC1=C(c2nc(-c3cccc(C)c3)no2)C(c2ccc(F)cc2)NC(=S)N1Cc1ccccc1F. The van der Waals surface area contributed by atoms with E-state index in [9.17, 15) is 8.78 Å². The summed E-state index contributed by atoms with van der Waals surface area (Å²) < 4.78 is 33.8. The molecule has 0 fully saturated rings. The van der Waals surface area contributed by atoms with Crippen LogP contribution in [-0.4, -0.2) is 20.2 Å². The third-order valence-electron chi connectivity index (χ3n) is 6.02. The van der Waals surface area contributed by atoms with Gasteiger partial charge >= 0.3 is 0 Å². The summed E-state index contributed by atoms with van der Waals surface area (Å²) in [5, 5.41) is 7.93. The van der Waals surface area contributed by atoms with Crippen LogP contribution in [0.4, 0.5) is 8.78 Å². The van der Waals surface area contributed by atoms with E-state index in [4.69, 9.17) is 16.7 Å². The van der Waals surface area contributed by atoms with E-state index in [0.717, 1.165) is 22.4 Å². The molecule has 5 rings (SSSR count). The van der Waals surface area contributed by atoms with Gasteiger partial charge in [-0.05, 0) is 55.9 Å². The van der Waals surface area contributed by atoms with Crippen molar-refractivity contribution in [1.29, 1.82) is 0 Å². The van der Waals surface area contributed by atoms with Gasteiger partial charge in [-0.1, -0.05) is 59.3 Å². The Morgan fingerprint density at radius 2 is 1.77 bits per heavy atom. The number of aromatic nitrogens is 2. The van der Waals surface area contributed by atoms with Crippen LogP contribution in [0.25, 0.3) is 17.0 Å². The lowest BCUT2D eigenvalue weighted by Crippen LogP contribution is -2.45. The second-order valence-corrected chi connectivity index (χ2v) is 8.79. The van der Waals surface area contributed by atoms with Gasteiger partial charge in [-0.2, -0.15) is 4.98 Å². The molecule has 0 saturated carbocycles. The zero-order chi connectivity index (χ0) is 24.5. The molecule has 35 heavy (non-hydrogen) atoms. The lowest BCUT2D eigenvalue weighted by atomic mass is 9.94. The van der Waals surface area contributed by atoms with E-state index < -0.39 is 6.04 Å². The predicted molar refractivity (Wildman–Crippen MR) is 134 cm³/mol. The van der Waals surface area contributed by atoms with Crippen LogP contribution in [0.1, 0.15) is 35.5 Å². The quantitative estimate of drug-likeness (QED) is 0.338. The highest BCUT2D eigenvalue weighted by Gasteiger charge is 2.34. The molecule has 3 aromatic carbocycles. The summed E-state index contributed by atoms with van der Waals surface area (Å²) in [6.45, 7) is 4.10. The third kappa shape index (κ3) is 4.57. The minimum Gasteiger partial charge on any atom is -0.351 e. The minimum absolute atomic E-state index is 0.225. The summed E-state index contributed by atoms with van der Waals surface area (Å²) in [6.07, 6.45) is 0. The molecule has 8 heteroatoms. The molecule has 1 unspecified atom stereocenters. The number of thiocarbonyl (C=S) groups is 1. The van der Waals surface area contributed by atoms with Gasteiger partial charge in [0.15, 0.2) is 5.11 Å². The number of rotatable bonds is 5. The van der Waals surface area contributed by atoms with Crippen molar-refractivity contribution in [3.05, 3.63) is 113 Å². The lowest BCUT2D eigenvalue weighted by molar-refractivity contribution is 0.395. The first-order chi connectivity index (χ1) is 16.9. The highest BCUT2D eigenvalue weighted by molar-refractivity contribution is 7.80. The summed E-state index contributed by atoms with van der Waals surface area (Å²) in [6, 6.07) is 20.1. The number of benzene rings is 3. The molecule has 176 valence electrons. The van der Waals surface area contributed by atoms with Gasteiger partial charge in [0, 0.05) is 16.8 Å². The Labute approximate surface area is 207 Å². The molecule has 0 amide bonds. The summed E-state index contributed by atoms with van der Waals surface area (Å²) in [5.41, 5.74) is 4.62. The number of nitrogens with one attached hydrogen (secondary N) is 1. The fourth-order valence-electron chi connectivity index (χ4n) is 4.19. The Hall–Kier alpha value is -3.91. The molecule has 0 spiro atoms. The van der Waals surface area contributed by atoms with Crippen molar-refractivity contribution in [2.24, 2.45) is 0 Å². The van der Waals surface area contributed by atoms with Crippen molar-refractivity contribution in [3.63, 3.8) is 0 Å². The number of hydrogen-bond donors (Lipinski definition) is 1. The van der Waals surface area contributed by atoms with Crippen LogP contribution in [0, 0.1) is 18.6 Å². The predicted octanol–water partition coefficient (Wildman–Crippen LogP) is 6.19. The third-order valence-corrected chi connectivity index (χ3v) is 6.36. The number of nitrogens with zero attached hydrogens (tertiary/aromatic N) is 3. The van der Waals surface area contributed by atoms with Gasteiger partial charge in [0.1, 0.15) is 11.6 Å². The second-order valence-electron chi connectivity index (χ2n) is 8.40. The Kier molecular flexibility index (Phi) is 6.13. The number of hydrogen-bond acceptors (Lipinski definition) is 4. The van der Waals surface area contributed by atoms with E-state index in [-0.39, 0.29) is 18.2 Å². The van der Waals surface area contributed by atoms with E-state index in [1.54, 1.807) is 35.2 Å². The molecular weight excluding hydrogens is 466 g/mol. The first-order valence-electron chi connectivity index (χ1n) is 11.1. The van der Waals surface area contributed by atoms with E-state index >= 15 is 0 Å². The van der Waals surface area contributed by atoms with E-state index in [1.807, 2.05) is 38.1 Å². The van der Waals surface area contributed by atoms with Crippen LogP contribution >= 0.6 is 12.2 Å². The van der Waals surface area contributed by atoms with Crippen molar-refractivity contribution in [2.45, 2.75) is 26.4 Å². The molecule has 1 aromatic heterocycles. The van der Waals surface area contributed by atoms with Gasteiger partial charge in [0.25, 0.3) is 5.89 Å². The molecule has 1 atom stereocenters. The zero-order valence-electron chi connectivity index (χ0n) is 19.1. The topological polar surface area (TPSA) is 54.2 Å². The first kappa shape index (κ1) is 22.9. The van der Waals surface area contributed by atoms with Crippen molar-refractivity contribution in [2.75, 3.05) is 0 Å². The molecule has 4 aromatic rings. The molecular formula is C27H22F2N4OS. The zero-order valence-corrected chi connectivity index (χ0v) is 19.9. The van der Waals surface area contributed by atoms with Crippen LogP contribution in [-0.2, 0) is 6.54 Å². The van der Waals surface area contributed by atoms with E-state index in [2.05, 4.69) is 15.5 Å². The Bertz CT molecular complexity index is 1430. The van der Waals surface area contributed by atoms with Gasteiger partial charge < -0.3 is 14.7 Å². The number of halogens is 2. The molecule has 0 bridgehead atoms. The van der Waals surface area contributed by atoms with Gasteiger partial charge in [0.05, 0.1) is 18.2 Å². The van der Waals surface area contributed by atoms with Crippen molar-refractivity contribution < 1.29 is 13.3 Å². The van der Waals surface area contributed by atoms with Gasteiger partial charge in [0.2, 0.25) is 5.82 Å². The number of allylic oxidation sites excluding steroid dienone is 1. The monoisotopic (exact) mass is 488 g/mol. The standard InChI is InChI=1S/C27H22F2N4OS/c1-16-6-5-8-19(14-16)25-31-26(34-32-25)23-17(2)33(15-20-7-3-4-9-22(20)29)27(35)30-24(23)18-10-12-21(28)13-11-18/h3-14,24H,15H2,1-2H3,(H,30,35). The first-order valence-corrected chi connectivity index (χ1v) is 11.5. The molecule has 1 aliphatic rings. The Morgan fingerprint density at radius 3 is 2.51 bits per heavy atom. The van der Waals surface area contributed by atoms with Gasteiger partial charge in [-0.15, -0.1) is 0 Å².